The van der Waals surface area contributed by atoms with Gasteiger partial charge in [0.25, 0.3) is 0 Å². The number of rotatable bonds is 6. The van der Waals surface area contributed by atoms with Gasteiger partial charge in [-0.25, -0.2) is 0 Å². The second kappa shape index (κ2) is 5.95. The zero-order valence-corrected chi connectivity index (χ0v) is 10.1. The van der Waals surface area contributed by atoms with Gasteiger partial charge in [0.15, 0.2) is 0 Å². The molecule has 0 spiro atoms. The summed E-state index contributed by atoms with van der Waals surface area (Å²) in [7, 11) is -1.75. The van der Waals surface area contributed by atoms with Crippen LogP contribution < -0.4 is 0 Å². The predicted octanol–water partition coefficient (Wildman–Crippen LogP) is 3.90. The van der Waals surface area contributed by atoms with Gasteiger partial charge in [0.05, 0.1) is 18.1 Å². The Hall–Kier alpha value is -0.770. The van der Waals surface area contributed by atoms with Gasteiger partial charge in [-0.3, -0.25) is 8.37 Å². The number of hydrogen-bond donors (Lipinski definition) is 0. The van der Waals surface area contributed by atoms with Crippen molar-refractivity contribution in [2.45, 2.75) is 18.7 Å². The molecule has 1 aromatic carbocycles. The lowest BCUT2D eigenvalue weighted by Crippen LogP contribution is -2.06. The highest BCUT2D eigenvalue weighted by atomic mass is 32.3. The Balaban J connectivity index is 3.03. The van der Waals surface area contributed by atoms with E-state index in [0.29, 0.717) is 13.2 Å². The van der Waals surface area contributed by atoms with E-state index in [4.69, 9.17) is 8.37 Å². The van der Waals surface area contributed by atoms with Crippen molar-refractivity contribution in [1.29, 1.82) is 0 Å². The van der Waals surface area contributed by atoms with E-state index in [2.05, 4.69) is 6.58 Å². The van der Waals surface area contributed by atoms with Crippen LogP contribution in [0.1, 0.15) is 13.8 Å². The van der Waals surface area contributed by atoms with Crippen LogP contribution in [0.5, 0.6) is 0 Å². The normalized spacial score (nSPS) is 12.4. The molecule has 0 bridgehead atoms. The molecule has 0 heterocycles. The highest BCUT2D eigenvalue weighted by Crippen LogP contribution is 2.58. The summed E-state index contributed by atoms with van der Waals surface area (Å²) in [6.45, 7) is 9.01. The third-order valence-electron chi connectivity index (χ3n) is 1.88. The summed E-state index contributed by atoms with van der Waals surface area (Å²) in [6.07, 6.45) is 0. The molecule has 0 aliphatic rings. The van der Waals surface area contributed by atoms with Crippen LogP contribution in [-0.4, -0.2) is 13.2 Å². The molecule has 84 valence electrons. The van der Waals surface area contributed by atoms with Gasteiger partial charge in [0, 0.05) is 5.41 Å². The van der Waals surface area contributed by atoms with Crippen LogP contribution >= 0.6 is 10.6 Å². The minimum absolute atomic E-state index is 0.621. The van der Waals surface area contributed by atoms with Gasteiger partial charge in [-0.05, 0) is 26.0 Å². The first-order valence-corrected chi connectivity index (χ1v) is 6.63. The molecule has 0 fully saturated rings. The number of benzene rings is 1. The quantitative estimate of drug-likeness (QED) is 0.732. The Kier molecular flexibility index (Phi) is 4.88. The van der Waals surface area contributed by atoms with Crippen molar-refractivity contribution in [3.05, 3.63) is 42.3 Å². The van der Waals surface area contributed by atoms with Crippen molar-refractivity contribution < 1.29 is 8.37 Å². The maximum absolute atomic E-state index is 5.75. The monoisotopic (exact) mass is 226 g/mol. The molecule has 0 radical (unpaired) electrons. The van der Waals surface area contributed by atoms with Crippen LogP contribution in [0.3, 0.4) is 0 Å². The van der Waals surface area contributed by atoms with E-state index in [1.54, 1.807) is 5.41 Å². The predicted molar refractivity (Wildman–Crippen MR) is 65.7 cm³/mol. The molecule has 0 N–H and O–H groups in total. The molecule has 0 amide bonds. The maximum atomic E-state index is 5.75. The van der Waals surface area contributed by atoms with Crippen LogP contribution in [0.25, 0.3) is 0 Å². The fraction of sp³-hybridized carbons (Fsp3) is 0.333. The second-order valence-corrected chi connectivity index (χ2v) is 5.20. The van der Waals surface area contributed by atoms with Crippen molar-refractivity contribution in [2.75, 3.05) is 13.2 Å². The molecule has 1 rings (SSSR count). The van der Waals surface area contributed by atoms with Crippen LogP contribution in [0.15, 0.2) is 47.2 Å². The Morgan fingerprint density at radius 3 is 2.07 bits per heavy atom. The average molecular weight is 226 g/mol. The molecule has 0 atom stereocenters. The topological polar surface area (TPSA) is 18.5 Å². The standard InChI is InChI=1S/C12H18O2S/c1-4-13-15(6-3,14-5-2)12-10-8-7-9-11-12/h6-11H,3-5H2,1-2H3. The van der Waals surface area contributed by atoms with Crippen LogP contribution in [0.4, 0.5) is 0 Å². The molecule has 0 unspecified atom stereocenters. The van der Waals surface area contributed by atoms with Crippen molar-refractivity contribution in [3.8, 4) is 0 Å². The van der Waals surface area contributed by atoms with E-state index in [1.807, 2.05) is 44.2 Å². The summed E-state index contributed by atoms with van der Waals surface area (Å²) < 4.78 is 11.5. The molecule has 0 aromatic heterocycles. The fourth-order valence-corrected chi connectivity index (χ4v) is 3.28. The smallest absolute Gasteiger partial charge is 0.0694 e. The molecule has 3 heteroatoms. The van der Waals surface area contributed by atoms with E-state index < -0.39 is 10.6 Å². The Morgan fingerprint density at radius 2 is 1.67 bits per heavy atom. The lowest BCUT2D eigenvalue weighted by molar-refractivity contribution is 0.282. The zero-order valence-electron chi connectivity index (χ0n) is 9.31. The highest BCUT2D eigenvalue weighted by molar-refractivity contribution is 8.28. The van der Waals surface area contributed by atoms with Crippen LogP contribution in [-0.2, 0) is 8.37 Å². The molecular weight excluding hydrogens is 208 g/mol. The zero-order chi connectivity index (χ0) is 11.1. The molecule has 2 nitrogen and oxygen atoms in total. The summed E-state index contributed by atoms with van der Waals surface area (Å²) in [4.78, 5) is 1.06. The van der Waals surface area contributed by atoms with Gasteiger partial charge >= 0.3 is 0 Å². The van der Waals surface area contributed by atoms with Crippen molar-refractivity contribution >= 4 is 10.6 Å². The third kappa shape index (κ3) is 2.84. The fourth-order valence-electron chi connectivity index (χ4n) is 1.32. The van der Waals surface area contributed by atoms with E-state index >= 15 is 0 Å². The first-order valence-electron chi connectivity index (χ1n) is 5.08. The van der Waals surface area contributed by atoms with E-state index in [9.17, 15) is 0 Å². The molecular formula is C12H18O2S. The highest BCUT2D eigenvalue weighted by Gasteiger charge is 2.19. The van der Waals surface area contributed by atoms with Crippen molar-refractivity contribution in [3.63, 3.8) is 0 Å². The van der Waals surface area contributed by atoms with Gasteiger partial charge in [-0.1, -0.05) is 24.8 Å². The van der Waals surface area contributed by atoms with Gasteiger partial charge in [-0.15, -0.1) is 10.6 Å². The largest absolute Gasteiger partial charge is 0.276 e. The van der Waals surface area contributed by atoms with Crippen molar-refractivity contribution in [2.24, 2.45) is 0 Å². The van der Waals surface area contributed by atoms with E-state index in [0.717, 1.165) is 4.90 Å². The molecule has 0 saturated carbocycles. The van der Waals surface area contributed by atoms with E-state index in [1.165, 1.54) is 0 Å². The van der Waals surface area contributed by atoms with E-state index in [-0.39, 0.29) is 0 Å². The molecule has 0 aliphatic heterocycles. The third-order valence-corrected chi connectivity index (χ3v) is 4.42. The Morgan fingerprint density at radius 1 is 1.13 bits per heavy atom. The minimum atomic E-state index is -1.75. The van der Waals surface area contributed by atoms with Gasteiger partial charge in [0.1, 0.15) is 0 Å². The van der Waals surface area contributed by atoms with Gasteiger partial charge in [0.2, 0.25) is 0 Å². The lowest BCUT2D eigenvalue weighted by Gasteiger charge is -2.39. The molecule has 0 saturated heterocycles. The average Bonchev–Trinajstić information content (AvgIpc) is 2.30. The maximum Gasteiger partial charge on any atom is 0.0694 e. The Bertz CT molecular complexity index is 292. The second-order valence-electron chi connectivity index (χ2n) is 2.84. The first kappa shape index (κ1) is 12.3. The summed E-state index contributed by atoms with van der Waals surface area (Å²) in [6, 6.07) is 9.98. The summed E-state index contributed by atoms with van der Waals surface area (Å²) in [5.41, 5.74) is 0. The summed E-state index contributed by atoms with van der Waals surface area (Å²) >= 11 is 0. The first-order chi connectivity index (χ1) is 7.29. The lowest BCUT2D eigenvalue weighted by atomic mass is 10.4. The minimum Gasteiger partial charge on any atom is -0.276 e. The molecule has 0 aliphatic carbocycles. The summed E-state index contributed by atoms with van der Waals surface area (Å²) in [5, 5.41) is 1.79. The van der Waals surface area contributed by atoms with Crippen molar-refractivity contribution in [1.82, 2.24) is 0 Å². The Labute approximate surface area is 93.6 Å². The van der Waals surface area contributed by atoms with Gasteiger partial charge in [-0.2, -0.15) is 0 Å². The molecule has 1 aromatic rings. The van der Waals surface area contributed by atoms with Gasteiger partial charge < -0.3 is 0 Å². The van der Waals surface area contributed by atoms with Crippen LogP contribution in [0, 0.1) is 0 Å². The summed E-state index contributed by atoms with van der Waals surface area (Å²) in [5.74, 6) is 0. The SMILES string of the molecule is C=CS(OCC)(OCC)c1ccccc1. The van der Waals surface area contributed by atoms with Crippen LogP contribution in [0.2, 0.25) is 0 Å². The molecule has 15 heavy (non-hydrogen) atoms. The number of hydrogen-bond acceptors (Lipinski definition) is 2.